The Hall–Kier alpha value is -1.60. The topological polar surface area (TPSA) is 242 Å². The number of aliphatic hydroxyl groups is 8. The Balaban J connectivity index is 1.04. The molecule has 0 spiro atoms. The fourth-order valence-corrected chi connectivity index (χ4v) is 11.3. The molecular weight excluding hydrogens is 660 g/mol. The van der Waals surface area contributed by atoms with Gasteiger partial charge in [-0.1, -0.05) is 6.92 Å². The maximum absolute atomic E-state index is 13.2. The van der Waals surface area contributed by atoms with E-state index in [-0.39, 0.29) is 44.6 Å². The highest BCUT2D eigenvalue weighted by atomic mass is 16.7. The highest BCUT2D eigenvalue weighted by molar-refractivity contribution is 5.85. The van der Waals surface area contributed by atoms with Gasteiger partial charge in [0.05, 0.1) is 41.0 Å². The molecule has 50 heavy (non-hydrogen) atoms. The first kappa shape index (κ1) is 36.7. The van der Waals surface area contributed by atoms with E-state index in [2.05, 4.69) is 0 Å². The Bertz CT molecular complexity index is 1360. The van der Waals surface area contributed by atoms with Crippen LogP contribution in [-0.4, -0.2) is 145 Å². The summed E-state index contributed by atoms with van der Waals surface area (Å²) in [7, 11) is 0. The van der Waals surface area contributed by atoms with Crippen LogP contribution in [0.2, 0.25) is 0 Å². The summed E-state index contributed by atoms with van der Waals surface area (Å²) in [5.41, 5.74) is -4.15. The highest BCUT2D eigenvalue weighted by Gasteiger charge is 2.74. The van der Waals surface area contributed by atoms with Crippen LogP contribution in [0.4, 0.5) is 0 Å². The molecule has 19 atom stereocenters. The fraction of sp³-hybridized carbons (Fsp3) is 0.886. The lowest BCUT2D eigenvalue weighted by Gasteiger charge is -2.66. The van der Waals surface area contributed by atoms with Crippen LogP contribution >= 0.6 is 0 Å². The van der Waals surface area contributed by atoms with Crippen LogP contribution in [0.15, 0.2) is 11.6 Å². The molecule has 2 saturated heterocycles. The van der Waals surface area contributed by atoms with Crippen molar-refractivity contribution in [1.82, 2.24) is 0 Å². The van der Waals surface area contributed by atoms with Gasteiger partial charge in [-0.2, -0.15) is 0 Å². The van der Waals surface area contributed by atoms with E-state index in [1.54, 1.807) is 6.92 Å². The number of hydrogen-bond donors (Lipinski definition) is 8. The van der Waals surface area contributed by atoms with Crippen LogP contribution in [0.3, 0.4) is 0 Å². The lowest BCUT2D eigenvalue weighted by molar-refractivity contribution is -0.359. The molecule has 0 bridgehead atoms. The molecule has 4 aliphatic carbocycles. The van der Waals surface area contributed by atoms with Gasteiger partial charge in [0, 0.05) is 23.8 Å². The van der Waals surface area contributed by atoms with E-state index in [1.807, 2.05) is 6.92 Å². The van der Waals surface area contributed by atoms with Crippen molar-refractivity contribution in [3.63, 3.8) is 0 Å². The average Bonchev–Trinajstić information content (AvgIpc) is 3.61. The van der Waals surface area contributed by atoms with E-state index >= 15 is 0 Å². The van der Waals surface area contributed by atoms with Crippen LogP contribution in [0, 0.1) is 28.6 Å². The van der Waals surface area contributed by atoms with E-state index in [4.69, 9.17) is 23.7 Å². The average molecular weight is 713 g/mol. The molecule has 0 amide bonds. The monoisotopic (exact) mass is 712 g/mol. The lowest BCUT2D eigenvalue weighted by Crippen LogP contribution is -2.72. The molecule has 15 nitrogen and oxygen atoms in total. The Morgan fingerprint density at radius 2 is 1.50 bits per heavy atom. The van der Waals surface area contributed by atoms with Crippen molar-refractivity contribution in [2.45, 2.75) is 157 Å². The number of hydrogen-bond acceptors (Lipinski definition) is 15. The number of carbonyl (C=O) groups excluding carboxylic acids is 2. The van der Waals surface area contributed by atoms with E-state index in [0.29, 0.717) is 19.3 Å². The molecule has 8 N–H and O–H groups in total. The fourth-order valence-electron chi connectivity index (χ4n) is 11.3. The number of carbonyl (C=O) groups is 2. The Labute approximate surface area is 290 Å². The van der Waals surface area contributed by atoms with E-state index in [1.165, 1.54) is 13.0 Å². The first-order valence-electron chi connectivity index (χ1n) is 18.0. The highest BCUT2D eigenvalue weighted by Crippen LogP contribution is 2.70. The van der Waals surface area contributed by atoms with Gasteiger partial charge in [-0.3, -0.25) is 0 Å². The number of ether oxygens (including phenoxy) is 5. The third-order valence-electron chi connectivity index (χ3n) is 14.0. The molecule has 3 heterocycles. The molecule has 282 valence electrons. The summed E-state index contributed by atoms with van der Waals surface area (Å²) < 4.78 is 28.5. The standard InChI is InChI=1S/C35H52O15/c1-15-24(39)25(40)27(42)31(47-15)50-29-16(2)48-30(28(43)26(29)41)49-18-4-7-33(14-36)23-20(5-8-34(33,44)11-18)35(45)9-6-19(17-10-22(38)46-13-17)32(35,3)12-21(23)37/h10,14-16,18-21,23-31,37,39-45H,4-9,11-13H2,1-3H3/t15-,16-,18+,19-,20-,21-,23-,24-,25+,26-,27+,28+,29-,30+,31+,32-,33+,34+,35+/m1/s1. The number of esters is 1. The van der Waals surface area contributed by atoms with Crippen LogP contribution in [0.5, 0.6) is 0 Å². The molecule has 0 aromatic heterocycles. The van der Waals surface area contributed by atoms with Gasteiger partial charge >= 0.3 is 5.97 Å². The quantitative estimate of drug-likeness (QED) is 0.0895. The predicted octanol–water partition coefficient (Wildman–Crippen LogP) is -1.43. The normalized spacial score (nSPS) is 56.5. The number of cyclic esters (lactones) is 1. The van der Waals surface area contributed by atoms with Crippen molar-refractivity contribution in [2.24, 2.45) is 28.6 Å². The third kappa shape index (κ3) is 5.29. The van der Waals surface area contributed by atoms with Crippen molar-refractivity contribution in [2.75, 3.05) is 6.61 Å². The molecule has 0 unspecified atom stereocenters. The Morgan fingerprint density at radius 3 is 2.18 bits per heavy atom. The van der Waals surface area contributed by atoms with Crippen molar-refractivity contribution in [3.8, 4) is 0 Å². The second-order valence-electron chi connectivity index (χ2n) is 16.4. The summed E-state index contributed by atoms with van der Waals surface area (Å²) in [4.78, 5) is 25.1. The van der Waals surface area contributed by atoms with Gasteiger partial charge < -0.3 is 69.3 Å². The molecule has 0 aromatic carbocycles. The zero-order valence-electron chi connectivity index (χ0n) is 28.6. The van der Waals surface area contributed by atoms with Gasteiger partial charge in [0.15, 0.2) is 12.6 Å². The Morgan fingerprint density at radius 1 is 0.820 bits per heavy atom. The molecule has 0 radical (unpaired) electrons. The second kappa shape index (κ2) is 12.8. The van der Waals surface area contributed by atoms with E-state index < -0.39 is 113 Å². The summed E-state index contributed by atoms with van der Waals surface area (Å²) in [5, 5.41) is 89.2. The molecule has 15 heteroatoms. The van der Waals surface area contributed by atoms with Gasteiger partial charge in [0.2, 0.25) is 0 Å². The van der Waals surface area contributed by atoms with Gasteiger partial charge in [0.1, 0.15) is 49.5 Å². The van der Waals surface area contributed by atoms with Crippen LogP contribution in [-0.2, 0) is 33.3 Å². The number of aliphatic hydroxyl groups excluding tert-OH is 6. The zero-order valence-corrected chi connectivity index (χ0v) is 28.6. The minimum absolute atomic E-state index is 0.0104. The van der Waals surface area contributed by atoms with Crippen molar-refractivity contribution in [3.05, 3.63) is 11.6 Å². The summed E-state index contributed by atoms with van der Waals surface area (Å²) in [6, 6.07) is 0. The van der Waals surface area contributed by atoms with Crippen LogP contribution in [0.1, 0.15) is 72.1 Å². The van der Waals surface area contributed by atoms with Gasteiger partial charge in [-0.25, -0.2) is 4.79 Å². The maximum Gasteiger partial charge on any atom is 0.331 e. The molecule has 0 aromatic rings. The first-order chi connectivity index (χ1) is 23.5. The first-order valence-corrected chi connectivity index (χ1v) is 18.0. The smallest absolute Gasteiger partial charge is 0.331 e. The third-order valence-corrected chi connectivity index (χ3v) is 14.0. The summed E-state index contributed by atoms with van der Waals surface area (Å²) in [6.45, 7) is 5.17. The summed E-state index contributed by atoms with van der Waals surface area (Å²) >= 11 is 0. The minimum atomic E-state index is -1.62. The molecule has 7 aliphatic rings. The second-order valence-corrected chi connectivity index (χ2v) is 16.4. The molecule has 4 saturated carbocycles. The largest absolute Gasteiger partial charge is 0.458 e. The van der Waals surface area contributed by atoms with E-state index in [9.17, 15) is 50.4 Å². The molecule has 7 rings (SSSR count). The SMILES string of the molecule is C[C@H]1O[C@@H](O[C@H]2[C@H](O)[C@H](O)[C@H](O[C@H]3CC[C@]4(C=O)[C@H]5[C@H](O)C[C@]6(C)[C@@H](C7=CC(=O)OC7)CC[C@]6(O)[C@@H]5CC[C@]4(O)C3)O[C@@H]2C)[C@@H](O)[C@@H](O)[C@@H]1O. The molecule has 3 aliphatic heterocycles. The number of fused-ring (bicyclic) bond motifs is 5. The predicted molar refractivity (Wildman–Crippen MR) is 167 cm³/mol. The van der Waals surface area contributed by atoms with Gasteiger partial charge in [0.25, 0.3) is 0 Å². The Kier molecular flexibility index (Phi) is 9.38. The number of aldehydes is 1. The molecular formula is C35H52O15. The summed E-state index contributed by atoms with van der Waals surface area (Å²) in [5.74, 6) is -1.77. The lowest BCUT2D eigenvalue weighted by atomic mass is 9.41. The minimum Gasteiger partial charge on any atom is -0.458 e. The van der Waals surface area contributed by atoms with Crippen molar-refractivity contribution < 1.29 is 74.1 Å². The zero-order chi connectivity index (χ0) is 36.1. The summed E-state index contributed by atoms with van der Waals surface area (Å²) in [6.07, 6.45) is -10.8. The van der Waals surface area contributed by atoms with Crippen LogP contribution < -0.4 is 0 Å². The van der Waals surface area contributed by atoms with Gasteiger partial charge in [-0.15, -0.1) is 0 Å². The van der Waals surface area contributed by atoms with Crippen molar-refractivity contribution in [1.29, 1.82) is 0 Å². The molecule has 6 fully saturated rings. The maximum atomic E-state index is 13.2. The van der Waals surface area contributed by atoms with Crippen molar-refractivity contribution >= 4 is 12.3 Å². The number of rotatable bonds is 6. The van der Waals surface area contributed by atoms with E-state index in [0.717, 1.165) is 11.9 Å². The van der Waals surface area contributed by atoms with Gasteiger partial charge in [-0.05, 0) is 76.2 Å². The van der Waals surface area contributed by atoms with Crippen LogP contribution in [0.25, 0.3) is 0 Å².